The van der Waals surface area contributed by atoms with Gasteiger partial charge in [0.05, 0.1) is 15.7 Å². The summed E-state index contributed by atoms with van der Waals surface area (Å²) in [5.74, 6) is -0.190. The minimum absolute atomic E-state index is 0.0826. The molecule has 0 heterocycles. The molecule has 0 saturated carbocycles. The van der Waals surface area contributed by atoms with Crippen molar-refractivity contribution < 1.29 is 4.79 Å². The Morgan fingerprint density at radius 3 is 2.35 bits per heavy atom. The second kappa shape index (κ2) is 8.23. The standard InChI is InChI=1S/C14H19BrCl2N2O/c1-8(4-3-5-9(2)18)14(20)19-13-11(16)6-10(15)7-12(13)17/h6-9H,3-5,18H2,1-2H3,(H,19,20). The number of amides is 1. The van der Waals surface area contributed by atoms with Gasteiger partial charge in [-0.2, -0.15) is 0 Å². The van der Waals surface area contributed by atoms with Crippen molar-refractivity contribution in [3.05, 3.63) is 26.7 Å². The molecule has 0 aliphatic rings. The Labute approximate surface area is 138 Å². The van der Waals surface area contributed by atoms with Gasteiger partial charge in [-0.1, -0.05) is 52.5 Å². The second-order valence-electron chi connectivity index (χ2n) is 5.04. The lowest BCUT2D eigenvalue weighted by Gasteiger charge is -2.15. The van der Waals surface area contributed by atoms with Crippen molar-refractivity contribution >= 4 is 50.7 Å². The SMILES string of the molecule is CC(N)CCCC(C)C(=O)Nc1c(Cl)cc(Br)cc1Cl. The molecule has 112 valence electrons. The highest BCUT2D eigenvalue weighted by molar-refractivity contribution is 9.10. The van der Waals surface area contributed by atoms with Crippen LogP contribution in [0.15, 0.2) is 16.6 Å². The van der Waals surface area contributed by atoms with Crippen molar-refractivity contribution in [1.29, 1.82) is 0 Å². The third-order valence-corrected chi connectivity index (χ3v) is 4.05. The van der Waals surface area contributed by atoms with E-state index in [4.69, 9.17) is 28.9 Å². The van der Waals surface area contributed by atoms with E-state index in [1.165, 1.54) is 0 Å². The summed E-state index contributed by atoms with van der Waals surface area (Å²) in [7, 11) is 0. The number of rotatable bonds is 6. The van der Waals surface area contributed by atoms with Gasteiger partial charge < -0.3 is 11.1 Å². The molecule has 2 atom stereocenters. The maximum absolute atomic E-state index is 12.1. The normalized spacial score (nSPS) is 13.9. The predicted octanol–water partition coefficient (Wildman–Crippen LogP) is 4.85. The molecule has 1 aromatic rings. The average molecular weight is 382 g/mol. The number of nitrogens with two attached hydrogens (primary N) is 1. The van der Waals surface area contributed by atoms with Crippen LogP contribution < -0.4 is 11.1 Å². The fourth-order valence-corrected chi connectivity index (χ4v) is 3.09. The average Bonchev–Trinajstić information content (AvgIpc) is 2.32. The molecule has 1 amide bonds. The van der Waals surface area contributed by atoms with Crippen LogP contribution in [-0.4, -0.2) is 11.9 Å². The smallest absolute Gasteiger partial charge is 0.227 e. The highest BCUT2D eigenvalue weighted by Crippen LogP contribution is 2.34. The summed E-state index contributed by atoms with van der Waals surface area (Å²) < 4.78 is 0.774. The molecule has 1 aromatic carbocycles. The summed E-state index contributed by atoms with van der Waals surface area (Å²) in [6.07, 6.45) is 2.63. The quantitative estimate of drug-likeness (QED) is 0.739. The third-order valence-electron chi connectivity index (χ3n) is 3.00. The van der Waals surface area contributed by atoms with Crippen LogP contribution in [0.1, 0.15) is 33.1 Å². The first-order valence-corrected chi connectivity index (χ1v) is 8.07. The lowest BCUT2D eigenvalue weighted by atomic mass is 10.0. The topological polar surface area (TPSA) is 55.1 Å². The van der Waals surface area contributed by atoms with Gasteiger partial charge in [0.1, 0.15) is 0 Å². The van der Waals surface area contributed by atoms with Crippen LogP contribution in [-0.2, 0) is 4.79 Å². The van der Waals surface area contributed by atoms with Crippen LogP contribution in [0.3, 0.4) is 0 Å². The maximum atomic E-state index is 12.1. The van der Waals surface area contributed by atoms with Crippen LogP contribution in [0.25, 0.3) is 0 Å². The lowest BCUT2D eigenvalue weighted by Crippen LogP contribution is -2.22. The van der Waals surface area contributed by atoms with Crippen molar-refractivity contribution in [3.8, 4) is 0 Å². The van der Waals surface area contributed by atoms with Gasteiger partial charge in [-0.15, -0.1) is 0 Å². The van der Waals surface area contributed by atoms with Crippen molar-refractivity contribution in [2.75, 3.05) is 5.32 Å². The molecule has 2 unspecified atom stereocenters. The molecule has 0 saturated heterocycles. The van der Waals surface area contributed by atoms with Crippen LogP contribution in [0.5, 0.6) is 0 Å². The van der Waals surface area contributed by atoms with E-state index >= 15 is 0 Å². The Morgan fingerprint density at radius 1 is 1.30 bits per heavy atom. The Hall–Kier alpha value is -0.290. The fraction of sp³-hybridized carbons (Fsp3) is 0.500. The van der Waals surface area contributed by atoms with E-state index < -0.39 is 0 Å². The Morgan fingerprint density at radius 2 is 1.85 bits per heavy atom. The largest absolute Gasteiger partial charge is 0.328 e. The molecule has 0 fully saturated rings. The molecular formula is C14H19BrCl2N2O. The number of hydrogen-bond donors (Lipinski definition) is 2. The van der Waals surface area contributed by atoms with Gasteiger partial charge in [0, 0.05) is 16.4 Å². The molecule has 0 aromatic heterocycles. The first-order valence-electron chi connectivity index (χ1n) is 6.52. The summed E-state index contributed by atoms with van der Waals surface area (Å²) in [5.41, 5.74) is 6.15. The molecule has 3 N–H and O–H groups in total. The van der Waals surface area contributed by atoms with Gasteiger partial charge in [0.25, 0.3) is 0 Å². The van der Waals surface area contributed by atoms with Gasteiger partial charge in [-0.05, 0) is 31.9 Å². The molecule has 0 spiro atoms. The highest BCUT2D eigenvalue weighted by atomic mass is 79.9. The van der Waals surface area contributed by atoms with Crippen LogP contribution >= 0.6 is 39.1 Å². The summed E-state index contributed by atoms with van der Waals surface area (Å²) >= 11 is 15.5. The van der Waals surface area contributed by atoms with E-state index in [2.05, 4.69) is 21.2 Å². The molecule has 3 nitrogen and oxygen atoms in total. The predicted molar refractivity (Wildman–Crippen MR) is 89.5 cm³/mol. The summed E-state index contributed by atoms with van der Waals surface area (Å²) in [5, 5.41) is 3.62. The van der Waals surface area contributed by atoms with Crippen LogP contribution in [0.2, 0.25) is 10.0 Å². The molecule has 6 heteroatoms. The monoisotopic (exact) mass is 380 g/mol. The van der Waals surface area contributed by atoms with Crippen molar-refractivity contribution in [1.82, 2.24) is 0 Å². The molecule has 0 aliphatic carbocycles. The third kappa shape index (κ3) is 5.60. The van der Waals surface area contributed by atoms with Crippen LogP contribution in [0, 0.1) is 5.92 Å². The lowest BCUT2D eigenvalue weighted by molar-refractivity contribution is -0.119. The van der Waals surface area contributed by atoms with E-state index in [1.54, 1.807) is 12.1 Å². The first-order chi connectivity index (χ1) is 9.31. The highest BCUT2D eigenvalue weighted by Gasteiger charge is 2.16. The van der Waals surface area contributed by atoms with Gasteiger partial charge in [-0.25, -0.2) is 0 Å². The second-order valence-corrected chi connectivity index (χ2v) is 6.77. The fourth-order valence-electron chi connectivity index (χ4n) is 1.79. The van der Waals surface area contributed by atoms with E-state index in [9.17, 15) is 4.79 Å². The summed E-state index contributed by atoms with van der Waals surface area (Å²) in [4.78, 5) is 12.1. The van der Waals surface area contributed by atoms with E-state index in [0.717, 1.165) is 23.7 Å². The number of benzene rings is 1. The van der Waals surface area contributed by atoms with Crippen molar-refractivity contribution in [2.45, 2.75) is 39.2 Å². The van der Waals surface area contributed by atoms with Gasteiger partial charge in [0.15, 0.2) is 0 Å². The summed E-state index contributed by atoms with van der Waals surface area (Å²) in [6, 6.07) is 3.56. The number of halogens is 3. The summed E-state index contributed by atoms with van der Waals surface area (Å²) in [6.45, 7) is 3.85. The molecule has 0 radical (unpaired) electrons. The zero-order chi connectivity index (χ0) is 15.3. The molecule has 20 heavy (non-hydrogen) atoms. The van der Waals surface area contributed by atoms with Crippen molar-refractivity contribution in [3.63, 3.8) is 0 Å². The number of hydrogen-bond acceptors (Lipinski definition) is 2. The zero-order valence-corrected chi connectivity index (χ0v) is 14.6. The Balaban J connectivity index is 2.62. The number of carbonyl (C=O) groups is 1. The van der Waals surface area contributed by atoms with E-state index in [0.29, 0.717) is 15.7 Å². The number of anilines is 1. The molecule has 0 aliphatic heterocycles. The molecule has 0 bridgehead atoms. The van der Waals surface area contributed by atoms with Gasteiger partial charge >= 0.3 is 0 Å². The molecule has 1 rings (SSSR count). The van der Waals surface area contributed by atoms with Gasteiger partial charge in [-0.3, -0.25) is 4.79 Å². The number of carbonyl (C=O) groups excluding carboxylic acids is 1. The Bertz CT molecular complexity index is 457. The zero-order valence-electron chi connectivity index (χ0n) is 11.6. The maximum Gasteiger partial charge on any atom is 0.227 e. The minimum Gasteiger partial charge on any atom is -0.328 e. The van der Waals surface area contributed by atoms with E-state index in [-0.39, 0.29) is 17.9 Å². The first kappa shape index (κ1) is 17.8. The Kier molecular flexibility index (Phi) is 7.30. The van der Waals surface area contributed by atoms with E-state index in [1.807, 2.05) is 13.8 Å². The minimum atomic E-state index is -0.107. The number of nitrogens with one attached hydrogen (secondary N) is 1. The molecular weight excluding hydrogens is 363 g/mol. The van der Waals surface area contributed by atoms with Gasteiger partial charge in [0.2, 0.25) is 5.91 Å². The van der Waals surface area contributed by atoms with Crippen LogP contribution in [0.4, 0.5) is 5.69 Å². The van der Waals surface area contributed by atoms with Crippen molar-refractivity contribution in [2.24, 2.45) is 11.7 Å².